The zero-order valence-electron chi connectivity index (χ0n) is 16.0. The Balaban J connectivity index is 0.00000961. The van der Waals surface area contributed by atoms with Crippen molar-refractivity contribution in [2.45, 2.75) is 42.9 Å². The molecular weight excluding hydrogens is 501 g/mol. The molecule has 20 heteroatoms. The van der Waals surface area contributed by atoms with E-state index in [9.17, 15) is 46.9 Å². The van der Waals surface area contributed by atoms with E-state index < -0.39 is 81.9 Å². The minimum absolute atomic E-state index is 0. The SMILES string of the molecule is O=CC(NS(=O)(=O)O)C(O)C(OC1OC(C(=O)O)=CC(O)C1O)C(O)COS(=O)(=O)O.[Na]. The number of nitrogens with one attached hydrogen (secondary N) is 1. The average Bonchev–Trinajstić information content (AvgIpc) is 2.63. The van der Waals surface area contributed by atoms with E-state index in [1.165, 1.54) is 4.72 Å². The van der Waals surface area contributed by atoms with Crippen molar-refractivity contribution in [1.29, 1.82) is 0 Å². The molecule has 8 N–H and O–H groups in total. The first-order chi connectivity index (χ1) is 14.1. The van der Waals surface area contributed by atoms with Gasteiger partial charge >= 0.3 is 26.7 Å². The monoisotopic (exact) mass is 520 g/mol. The summed E-state index contributed by atoms with van der Waals surface area (Å²) < 4.78 is 75.4. The van der Waals surface area contributed by atoms with Crippen LogP contribution in [0.3, 0.4) is 0 Å². The van der Waals surface area contributed by atoms with Crippen LogP contribution in [0.4, 0.5) is 0 Å². The van der Waals surface area contributed by atoms with Gasteiger partial charge in [0.25, 0.3) is 0 Å². The molecule has 0 aromatic carbocycles. The van der Waals surface area contributed by atoms with E-state index in [0.29, 0.717) is 6.08 Å². The van der Waals surface area contributed by atoms with Crippen molar-refractivity contribution in [3.8, 4) is 0 Å². The van der Waals surface area contributed by atoms with Gasteiger partial charge in [-0.3, -0.25) is 9.11 Å². The molecule has 0 spiro atoms. The van der Waals surface area contributed by atoms with Crippen LogP contribution in [0.15, 0.2) is 11.8 Å². The fourth-order valence-corrected chi connectivity index (χ4v) is 3.09. The van der Waals surface area contributed by atoms with E-state index in [1.807, 2.05) is 0 Å². The number of carbonyl (C=O) groups is 2. The Kier molecular flexibility index (Phi) is 12.3. The van der Waals surface area contributed by atoms with Crippen LogP contribution in [-0.4, -0.2) is 143 Å². The molecule has 0 saturated carbocycles. The molecule has 0 fully saturated rings. The van der Waals surface area contributed by atoms with E-state index in [0.717, 1.165) is 0 Å². The maximum absolute atomic E-state index is 11.1. The molecule has 1 radical (unpaired) electrons. The van der Waals surface area contributed by atoms with Crippen molar-refractivity contribution in [3.05, 3.63) is 11.8 Å². The Morgan fingerprint density at radius 1 is 1.22 bits per heavy atom. The number of rotatable bonds is 12. The first-order valence-electron chi connectivity index (χ1n) is 7.87. The van der Waals surface area contributed by atoms with Gasteiger partial charge in [-0.1, -0.05) is 0 Å². The summed E-state index contributed by atoms with van der Waals surface area (Å²) in [6.45, 7) is -1.36. The summed E-state index contributed by atoms with van der Waals surface area (Å²) in [6, 6.07) is -2.24. The molecule has 0 aromatic rings. The Labute approximate surface area is 202 Å². The smallest absolute Gasteiger partial charge is 0.397 e. The molecule has 0 saturated heterocycles. The van der Waals surface area contributed by atoms with Crippen molar-refractivity contribution < 1.29 is 74.7 Å². The van der Waals surface area contributed by atoms with Crippen LogP contribution in [0.25, 0.3) is 0 Å². The minimum Gasteiger partial charge on any atom is -0.475 e. The van der Waals surface area contributed by atoms with Gasteiger partial charge in [-0.2, -0.15) is 21.6 Å². The van der Waals surface area contributed by atoms with Gasteiger partial charge < -0.3 is 39.8 Å². The summed E-state index contributed by atoms with van der Waals surface area (Å²) in [7, 11) is -10.2. The summed E-state index contributed by atoms with van der Waals surface area (Å²) >= 11 is 0. The summed E-state index contributed by atoms with van der Waals surface area (Å²) in [5.41, 5.74) is 0. The normalized spacial score (nSPS) is 25.3. The van der Waals surface area contributed by atoms with Gasteiger partial charge in [0, 0.05) is 29.6 Å². The average molecular weight is 520 g/mol. The Hall–Kier alpha value is -0.780. The zero-order chi connectivity index (χ0) is 24.1. The van der Waals surface area contributed by atoms with Crippen molar-refractivity contribution in [1.82, 2.24) is 4.72 Å². The number of aliphatic hydroxyl groups excluding tert-OH is 4. The molecule has 1 aliphatic rings. The molecule has 1 heterocycles. The first-order valence-corrected chi connectivity index (χ1v) is 10.7. The third-order valence-corrected chi connectivity index (χ3v) is 4.60. The van der Waals surface area contributed by atoms with Crippen LogP contribution < -0.4 is 4.72 Å². The van der Waals surface area contributed by atoms with Crippen LogP contribution in [-0.2, 0) is 43.9 Å². The van der Waals surface area contributed by atoms with Crippen LogP contribution >= 0.6 is 0 Å². The van der Waals surface area contributed by atoms with Gasteiger partial charge in [0.15, 0.2) is 0 Å². The van der Waals surface area contributed by atoms with E-state index in [-0.39, 0.29) is 35.8 Å². The van der Waals surface area contributed by atoms with E-state index >= 15 is 0 Å². The topological polar surface area (TPSA) is 284 Å². The van der Waals surface area contributed by atoms with Gasteiger partial charge in [0.1, 0.15) is 42.8 Å². The molecule has 0 amide bonds. The quantitative estimate of drug-likeness (QED) is 0.0676. The zero-order valence-corrected chi connectivity index (χ0v) is 19.7. The maximum Gasteiger partial charge on any atom is 0.397 e. The van der Waals surface area contributed by atoms with Gasteiger partial charge in [-0.25, -0.2) is 8.98 Å². The van der Waals surface area contributed by atoms with E-state index in [1.54, 1.807) is 0 Å². The molecule has 1 aliphatic heterocycles. The Morgan fingerprint density at radius 2 is 1.78 bits per heavy atom. The second-order valence-electron chi connectivity index (χ2n) is 5.93. The molecule has 7 atom stereocenters. The number of aliphatic carboxylic acids is 1. The number of carbonyl (C=O) groups excluding carboxylic acids is 1. The predicted molar refractivity (Wildman–Crippen MR) is 97.3 cm³/mol. The van der Waals surface area contributed by atoms with E-state index in [4.69, 9.17) is 23.7 Å². The summed E-state index contributed by atoms with van der Waals surface area (Å²) in [6.07, 6.45) is -12.9. The second-order valence-corrected chi connectivity index (χ2v) is 8.21. The Morgan fingerprint density at radius 3 is 2.22 bits per heavy atom. The number of aliphatic hydroxyl groups is 4. The maximum atomic E-state index is 11.1. The number of hydrogen-bond acceptors (Lipinski definition) is 13. The molecule has 0 aromatic heterocycles. The van der Waals surface area contributed by atoms with Gasteiger partial charge in [-0.15, -0.1) is 0 Å². The molecule has 181 valence electrons. The van der Waals surface area contributed by atoms with Crippen molar-refractivity contribution in [2.24, 2.45) is 0 Å². The van der Waals surface area contributed by atoms with Crippen LogP contribution in [0, 0.1) is 0 Å². The van der Waals surface area contributed by atoms with Gasteiger partial charge in [0.2, 0.25) is 12.0 Å². The molecule has 7 unspecified atom stereocenters. The molecule has 0 aliphatic carbocycles. The molecule has 1 rings (SSSR count). The van der Waals surface area contributed by atoms with Gasteiger partial charge in [0.05, 0.1) is 6.61 Å². The van der Waals surface area contributed by atoms with Crippen molar-refractivity contribution in [3.63, 3.8) is 0 Å². The van der Waals surface area contributed by atoms with Crippen LogP contribution in [0.5, 0.6) is 0 Å². The number of carboxylic acids is 1. The summed E-state index contributed by atoms with van der Waals surface area (Å²) in [5, 5.41) is 48.8. The minimum atomic E-state index is -5.13. The molecule has 0 bridgehead atoms. The van der Waals surface area contributed by atoms with Gasteiger partial charge in [-0.05, 0) is 6.08 Å². The standard InChI is InChI=1S/C12H19NO16S2.Na/c14-2-4(13-30(21,22)23)8(17)10(6(16)3-27-31(24,25)26)29-12-9(18)5(15)1-7(28-12)11(19)20;/h1-2,4-6,8-10,12-13,15-18H,3H2,(H,19,20)(H,21,22,23)(H,24,25,26);. The molecule has 17 nitrogen and oxygen atoms in total. The number of aldehydes is 1. The van der Waals surface area contributed by atoms with Crippen LogP contribution in [0.2, 0.25) is 0 Å². The number of ether oxygens (including phenoxy) is 2. The number of hydrogen-bond donors (Lipinski definition) is 8. The first kappa shape index (κ1) is 31.2. The Bertz CT molecular complexity index is 891. The van der Waals surface area contributed by atoms with E-state index in [2.05, 4.69) is 4.18 Å². The largest absolute Gasteiger partial charge is 0.475 e. The predicted octanol–water partition coefficient (Wildman–Crippen LogP) is -5.46. The third kappa shape index (κ3) is 10.0. The molecular formula is C12H19NNaO16S2. The van der Waals surface area contributed by atoms with Crippen LogP contribution in [0.1, 0.15) is 0 Å². The molecule has 32 heavy (non-hydrogen) atoms. The summed E-state index contributed by atoms with van der Waals surface area (Å²) in [4.78, 5) is 22.1. The summed E-state index contributed by atoms with van der Waals surface area (Å²) in [5.74, 6) is -2.67. The fraction of sp³-hybridized carbons (Fsp3) is 0.667. The van der Waals surface area contributed by atoms with Crippen molar-refractivity contribution >= 4 is 62.5 Å². The fourth-order valence-electron chi connectivity index (χ4n) is 2.24. The van der Waals surface area contributed by atoms with Crippen molar-refractivity contribution in [2.75, 3.05) is 6.61 Å². The number of carboxylic acid groups (broad SMARTS) is 1. The second kappa shape index (κ2) is 12.6. The third-order valence-electron chi connectivity index (χ3n) is 3.60.